The average Bonchev–Trinajstić information content (AvgIpc) is 2.60. The summed E-state index contributed by atoms with van der Waals surface area (Å²) in [5.41, 5.74) is -0.158. The van der Waals surface area contributed by atoms with E-state index in [1.807, 2.05) is 0 Å². The van der Waals surface area contributed by atoms with Gasteiger partial charge < -0.3 is 13.9 Å². The van der Waals surface area contributed by atoms with Crippen LogP contribution in [-0.2, 0) is 11.0 Å². The predicted molar refractivity (Wildman–Crippen MR) is 114 cm³/mol. The first kappa shape index (κ1) is 23.1. The van der Waals surface area contributed by atoms with Gasteiger partial charge >= 0.3 is 0 Å². The lowest BCUT2D eigenvalue weighted by atomic mass is 9.95. The van der Waals surface area contributed by atoms with Gasteiger partial charge in [0, 0.05) is 16.0 Å². The van der Waals surface area contributed by atoms with Gasteiger partial charge in [0.2, 0.25) is 17.7 Å². The van der Waals surface area contributed by atoms with Crippen molar-refractivity contribution in [1.29, 1.82) is 0 Å². The van der Waals surface area contributed by atoms with E-state index in [1.54, 1.807) is 24.3 Å². The third-order valence-electron chi connectivity index (χ3n) is 5.30. The van der Waals surface area contributed by atoms with E-state index in [4.69, 9.17) is 20.4 Å². The zero-order chi connectivity index (χ0) is 22.0. The molecular weight excluding hydrogens is 414 g/mol. The van der Waals surface area contributed by atoms with Crippen LogP contribution in [0.3, 0.4) is 0 Å². The van der Waals surface area contributed by atoms with Crippen LogP contribution in [0.4, 0.5) is 0 Å². The van der Waals surface area contributed by atoms with Gasteiger partial charge in [-0.25, -0.2) is 0 Å². The molecule has 1 N–H and O–H groups in total. The van der Waals surface area contributed by atoms with E-state index in [1.165, 1.54) is 0 Å². The first-order valence-electron chi connectivity index (χ1n) is 9.19. The quantitative estimate of drug-likeness (QED) is 0.372. The third kappa shape index (κ3) is 5.68. The zero-order valence-corrected chi connectivity index (χ0v) is 18.9. The van der Waals surface area contributed by atoms with Crippen molar-refractivity contribution in [3.8, 4) is 5.75 Å². The molecule has 0 aliphatic heterocycles. The highest BCUT2D eigenvalue weighted by atomic mass is 35.5. The van der Waals surface area contributed by atoms with Gasteiger partial charge in [0.1, 0.15) is 11.7 Å². The summed E-state index contributed by atoms with van der Waals surface area (Å²) in [4.78, 5) is 23.0. The SMILES string of the molecule is CC(C)(C)[Si](C)(C)OCc1cc(=O)c(O)c([C@H](C[N+](=O)[O-])c2ccc(Cl)cc2)o1. The Bertz CT molecular complexity index is 933. The minimum atomic E-state index is -2.11. The van der Waals surface area contributed by atoms with Gasteiger partial charge in [-0.3, -0.25) is 14.9 Å². The summed E-state index contributed by atoms with van der Waals surface area (Å²) >= 11 is 5.90. The lowest BCUT2D eigenvalue weighted by Gasteiger charge is -2.35. The summed E-state index contributed by atoms with van der Waals surface area (Å²) in [6.07, 6.45) is 0. The number of hydrogen-bond donors (Lipinski definition) is 1. The maximum absolute atomic E-state index is 12.3. The molecule has 1 aromatic carbocycles. The number of hydrogen-bond acceptors (Lipinski definition) is 6. The minimum absolute atomic E-state index is 0.0372. The summed E-state index contributed by atoms with van der Waals surface area (Å²) in [7, 11) is -2.11. The average molecular weight is 440 g/mol. The van der Waals surface area contributed by atoms with E-state index in [0.717, 1.165) is 6.07 Å². The molecule has 29 heavy (non-hydrogen) atoms. The van der Waals surface area contributed by atoms with Gasteiger partial charge in [0.25, 0.3) is 0 Å². The Morgan fingerprint density at radius 3 is 2.38 bits per heavy atom. The second-order valence-corrected chi connectivity index (χ2v) is 13.7. The molecule has 0 saturated carbocycles. The highest BCUT2D eigenvalue weighted by molar-refractivity contribution is 6.74. The third-order valence-corrected chi connectivity index (χ3v) is 10.0. The molecule has 0 radical (unpaired) electrons. The number of aromatic hydroxyl groups is 1. The molecule has 7 nitrogen and oxygen atoms in total. The Balaban J connectivity index is 2.45. The fourth-order valence-corrected chi connectivity index (χ4v) is 3.58. The van der Waals surface area contributed by atoms with Gasteiger partial charge in [0.05, 0.1) is 6.61 Å². The lowest BCUT2D eigenvalue weighted by Crippen LogP contribution is -2.40. The molecule has 1 heterocycles. The number of halogens is 1. The van der Waals surface area contributed by atoms with Gasteiger partial charge in [-0.2, -0.15) is 0 Å². The highest BCUT2D eigenvalue weighted by Gasteiger charge is 2.37. The number of rotatable bonds is 7. The smallest absolute Gasteiger partial charge is 0.227 e. The van der Waals surface area contributed by atoms with Crippen LogP contribution in [0.5, 0.6) is 5.75 Å². The molecule has 2 aromatic rings. The first-order valence-corrected chi connectivity index (χ1v) is 12.5. The van der Waals surface area contributed by atoms with Gasteiger partial charge in [-0.05, 0) is 35.8 Å². The normalized spacial score (nSPS) is 13.3. The fourth-order valence-electron chi connectivity index (χ4n) is 2.51. The van der Waals surface area contributed by atoms with Crippen molar-refractivity contribution >= 4 is 19.9 Å². The van der Waals surface area contributed by atoms with Crippen LogP contribution in [-0.4, -0.2) is 24.9 Å². The van der Waals surface area contributed by atoms with E-state index in [-0.39, 0.29) is 23.2 Å². The van der Waals surface area contributed by atoms with Crippen LogP contribution in [0, 0.1) is 10.1 Å². The number of nitro groups is 1. The number of nitrogens with zero attached hydrogens (tertiary/aromatic N) is 1. The van der Waals surface area contributed by atoms with Crippen molar-refractivity contribution in [2.24, 2.45) is 0 Å². The van der Waals surface area contributed by atoms with Crippen molar-refractivity contribution < 1.29 is 18.9 Å². The monoisotopic (exact) mass is 439 g/mol. The molecule has 1 atom stereocenters. The molecular formula is C20H26ClNO6Si. The molecule has 0 spiro atoms. The Morgan fingerprint density at radius 2 is 1.86 bits per heavy atom. The molecule has 0 unspecified atom stereocenters. The summed E-state index contributed by atoms with van der Waals surface area (Å²) in [5.74, 6) is -1.51. The second-order valence-electron chi connectivity index (χ2n) is 8.46. The van der Waals surface area contributed by atoms with E-state index in [2.05, 4.69) is 33.9 Å². The van der Waals surface area contributed by atoms with Crippen molar-refractivity contribution in [3.05, 3.63) is 72.8 Å². The molecule has 0 saturated heterocycles. The summed E-state index contributed by atoms with van der Waals surface area (Å²) in [6, 6.07) is 7.55. The van der Waals surface area contributed by atoms with Crippen LogP contribution >= 0.6 is 11.6 Å². The number of benzene rings is 1. The van der Waals surface area contributed by atoms with Gasteiger partial charge in [0.15, 0.2) is 14.1 Å². The topological polar surface area (TPSA) is 103 Å². The summed E-state index contributed by atoms with van der Waals surface area (Å²) in [6.45, 7) is 9.89. The Hall–Kier alpha value is -2.16. The van der Waals surface area contributed by atoms with Crippen LogP contribution < -0.4 is 5.43 Å². The standard InChI is InChI=1S/C20H26ClNO6Si/c1-20(2,3)29(4,5)27-12-15-10-17(23)18(24)19(28-15)16(11-22(25)26)13-6-8-14(21)9-7-13/h6-10,16,24H,11-12H2,1-5H3/t16-/m1/s1. The molecule has 0 amide bonds. The van der Waals surface area contributed by atoms with Crippen LogP contribution in [0.1, 0.15) is 43.8 Å². The molecule has 0 fully saturated rings. The lowest BCUT2D eigenvalue weighted by molar-refractivity contribution is -0.482. The molecule has 0 aliphatic rings. The van der Waals surface area contributed by atoms with Gasteiger partial charge in [-0.1, -0.05) is 44.5 Å². The van der Waals surface area contributed by atoms with Crippen LogP contribution in [0.2, 0.25) is 23.2 Å². The van der Waals surface area contributed by atoms with E-state index in [9.17, 15) is 20.0 Å². The van der Waals surface area contributed by atoms with Crippen molar-refractivity contribution in [2.45, 2.75) is 51.4 Å². The molecule has 9 heteroatoms. The molecule has 1 aromatic heterocycles. The van der Waals surface area contributed by atoms with Crippen molar-refractivity contribution in [2.75, 3.05) is 6.54 Å². The van der Waals surface area contributed by atoms with E-state index < -0.39 is 36.9 Å². The van der Waals surface area contributed by atoms with E-state index >= 15 is 0 Å². The van der Waals surface area contributed by atoms with Crippen LogP contribution in [0.25, 0.3) is 0 Å². The van der Waals surface area contributed by atoms with E-state index in [0.29, 0.717) is 10.6 Å². The van der Waals surface area contributed by atoms with Crippen molar-refractivity contribution in [3.63, 3.8) is 0 Å². The zero-order valence-electron chi connectivity index (χ0n) is 17.2. The fraction of sp³-hybridized carbons (Fsp3) is 0.450. The van der Waals surface area contributed by atoms with Crippen LogP contribution in [0.15, 0.2) is 39.5 Å². The minimum Gasteiger partial charge on any atom is -0.502 e. The maximum atomic E-state index is 12.3. The predicted octanol–water partition coefficient (Wildman–Crippen LogP) is 4.93. The first-order chi connectivity index (χ1) is 13.3. The molecule has 2 rings (SSSR count). The molecule has 0 bridgehead atoms. The summed E-state index contributed by atoms with van der Waals surface area (Å²) in [5, 5.41) is 22.0. The highest BCUT2D eigenvalue weighted by Crippen LogP contribution is 2.37. The second kappa shape index (κ2) is 8.69. The Kier molecular flexibility index (Phi) is 6.92. The Labute approximate surface area is 175 Å². The van der Waals surface area contributed by atoms with Gasteiger partial charge in [-0.15, -0.1) is 0 Å². The molecule has 0 aliphatic carbocycles. The maximum Gasteiger partial charge on any atom is 0.227 e. The van der Waals surface area contributed by atoms with Crippen molar-refractivity contribution in [1.82, 2.24) is 0 Å². The Morgan fingerprint density at radius 1 is 1.28 bits per heavy atom. The molecule has 158 valence electrons. The summed E-state index contributed by atoms with van der Waals surface area (Å²) < 4.78 is 11.8. The largest absolute Gasteiger partial charge is 0.502 e.